The van der Waals surface area contributed by atoms with Crippen LogP contribution in [-0.2, 0) is 12.7 Å². The van der Waals surface area contributed by atoms with Crippen LogP contribution in [0.3, 0.4) is 0 Å². The molecule has 120 valence electrons. The van der Waals surface area contributed by atoms with Crippen molar-refractivity contribution in [2.75, 3.05) is 13.1 Å². The lowest BCUT2D eigenvalue weighted by Crippen LogP contribution is -2.32. The Morgan fingerprint density at radius 1 is 1.36 bits per heavy atom. The van der Waals surface area contributed by atoms with E-state index in [0.29, 0.717) is 5.82 Å². The molecule has 1 saturated heterocycles. The van der Waals surface area contributed by atoms with Crippen LogP contribution in [-0.4, -0.2) is 32.9 Å². The summed E-state index contributed by atoms with van der Waals surface area (Å²) >= 11 is 1.64. The van der Waals surface area contributed by atoms with Gasteiger partial charge in [0.2, 0.25) is 0 Å². The molecule has 0 amide bonds. The zero-order valence-corrected chi connectivity index (χ0v) is 13.0. The maximum absolute atomic E-state index is 12.6. The van der Waals surface area contributed by atoms with Gasteiger partial charge in [0.1, 0.15) is 11.5 Å². The lowest BCUT2D eigenvalue weighted by atomic mass is 9.96. The summed E-state index contributed by atoms with van der Waals surface area (Å²) < 4.78 is 37.8. The number of hydrogen-bond donors (Lipinski definition) is 1. The number of piperidine rings is 1. The molecular weight excluding hydrogens is 313 g/mol. The molecule has 3 rings (SSSR count). The van der Waals surface area contributed by atoms with Crippen LogP contribution in [0.15, 0.2) is 11.6 Å². The van der Waals surface area contributed by atoms with Crippen molar-refractivity contribution in [1.29, 1.82) is 0 Å². The Morgan fingerprint density at radius 2 is 2.09 bits per heavy atom. The molecule has 4 nitrogen and oxygen atoms in total. The van der Waals surface area contributed by atoms with Crippen LogP contribution in [0.2, 0.25) is 0 Å². The van der Waals surface area contributed by atoms with Gasteiger partial charge in [-0.2, -0.15) is 13.2 Å². The zero-order valence-electron chi connectivity index (χ0n) is 12.2. The van der Waals surface area contributed by atoms with Crippen LogP contribution in [0.5, 0.6) is 0 Å². The third-order valence-corrected chi connectivity index (χ3v) is 4.75. The van der Waals surface area contributed by atoms with Crippen LogP contribution < -0.4 is 0 Å². The van der Waals surface area contributed by atoms with Crippen LogP contribution in [0.25, 0.3) is 0 Å². The molecule has 1 N–H and O–H groups in total. The van der Waals surface area contributed by atoms with Crippen LogP contribution in [0.1, 0.15) is 41.0 Å². The zero-order chi connectivity index (χ0) is 15.7. The quantitative estimate of drug-likeness (QED) is 0.936. The highest BCUT2D eigenvalue weighted by Gasteiger charge is 2.34. The molecule has 1 fully saturated rings. The molecule has 1 aliphatic heterocycles. The Kier molecular flexibility index (Phi) is 4.22. The van der Waals surface area contributed by atoms with Gasteiger partial charge in [0.05, 0.1) is 16.9 Å². The minimum Gasteiger partial charge on any atom is -0.338 e. The first kappa shape index (κ1) is 15.5. The van der Waals surface area contributed by atoms with Gasteiger partial charge in [0.25, 0.3) is 0 Å². The maximum Gasteiger partial charge on any atom is 0.432 e. The second-order valence-corrected chi connectivity index (χ2v) is 6.65. The summed E-state index contributed by atoms with van der Waals surface area (Å²) in [5.41, 5.74) is 0.307. The molecule has 0 aliphatic carbocycles. The van der Waals surface area contributed by atoms with E-state index in [9.17, 15) is 13.2 Å². The highest BCUT2D eigenvalue weighted by Crippen LogP contribution is 2.31. The standard InChI is InChI=1S/C14H17F3N4S/c1-9-19-11(8-22-9)7-21-4-2-10(3-5-21)13-18-6-12(20-13)14(15,16)17/h6,8,10H,2-5,7H2,1H3,(H,18,20). The first-order valence-electron chi connectivity index (χ1n) is 7.17. The Morgan fingerprint density at radius 3 is 2.64 bits per heavy atom. The van der Waals surface area contributed by atoms with E-state index in [0.717, 1.165) is 49.4 Å². The number of rotatable bonds is 3. The van der Waals surface area contributed by atoms with Gasteiger partial charge in [0, 0.05) is 17.8 Å². The van der Waals surface area contributed by atoms with E-state index in [4.69, 9.17) is 0 Å². The number of likely N-dealkylation sites (tertiary alicyclic amines) is 1. The average Bonchev–Trinajstić information content (AvgIpc) is 3.08. The van der Waals surface area contributed by atoms with Crippen molar-refractivity contribution < 1.29 is 13.2 Å². The van der Waals surface area contributed by atoms with Crippen LogP contribution in [0, 0.1) is 6.92 Å². The third-order valence-electron chi connectivity index (χ3n) is 3.93. The van der Waals surface area contributed by atoms with Gasteiger partial charge in [-0.15, -0.1) is 11.3 Å². The Balaban J connectivity index is 1.56. The number of thiazole rings is 1. The number of aromatic amines is 1. The van der Waals surface area contributed by atoms with Gasteiger partial charge in [-0.05, 0) is 32.9 Å². The molecule has 3 heterocycles. The number of nitrogens with one attached hydrogen (secondary N) is 1. The minimum atomic E-state index is -4.35. The van der Waals surface area contributed by atoms with E-state index in [2.05, 4.69) is 25.2 Å². The van der Waals surface area contributed by atoms with Crippen molar-refractivity contribution in [3.8, 4) is 0 Å². The Hall–Kier alpha value is -1.41. The van der Waals surface area contributed by atoms with E-state index in [1.807, 2.05) is 6.92 Å². The molecule has 0 unspecified atom stereocenters. The number of imidazole rings is 1. The van der Waals surface area contributed by atoms with Crippen molar-refractivity contribution in [3.63, 3.8) is 0 Å². The van der Waals surface area contributed by atoms with E-state index < -0.39 is 11.9 Å². The largest absolute Gasteiger partial charge is 0.432 e. The predicted molar refractivity (Wildman–Crippen MR) is 77.7 cm³/mol. The van der Waals surface area contributed by atoms with Gasteiger partial charge in [-0.25, -0.2) is 9.97 Å². The fourth-order valence-electron chi connectivity index (χ4n) is 2.76. The molecule has 2 aromatic rings. The number of hydrogen-bond acceptors (Lipinski definition) is 4. The monoisotopic (exact) mass is 330 g/mol. The Labute approximate surface area is 130 Å². The topological polar surface area (TPSA) is 44.8 Å². The van der Waals surface area contributed by atoms with E-state index in [1.165, 1.54) is 0 Å². The molecule has 0 spiro atoms. The van der Waals surface area contributed by atoms with Gasteiger partial charge in [0.15, 0.2) is 0 Å². The highest BCUT2D eigenvalue weighted by molar-refractivity contribution is 7.09. The number of H-pyrrole nitrogens is 1. The molecule has 0 bridgehead atoms. The summed E-state index contributed by atoms with van der Waals surface area (Å²) in [5.74, 6) is 0.529. The number of aryl methyl sites for hydroxylation is 1. The predicted octanol–water partition coefficient (Wildman–Crippen LogP) is 3.57. The van der Waals surface area contributed by atoms with E-state index in [1.54, 1.807) is 11.3 Å². The molecule has 0 aromatic carbocycles. The lowest BCUT2D eigenvalue weighted by molar-refractivity contribution is -0.141. The smallest absolute Gasteiger partial charge is 0.338 e. The summed E-state index contributed by atoms with van der Waals surface area (Å²) in [7, 11) is 0. The van der Waals surface area contributed by atoms with Gasteiger partial charge < -0.3 is 4.98 Å². The van der Waals surface area contributed by atoms with Crippen molar-refractivity contribution >= 4 is 11.3 Å². The van der Waals surface area contributed by atoms with Gasteiger partial charge in [-0.1, -0.05) is 0 Å². The second-order valence-electron chi connectivity index (χ2n) is 5.59. The fourth-order valence-corrected chi connectivity index (χ4v) is 3.37. The molecule has 2 aromatic heterocycles. The number of halogens is 3. The molecule has 0 radical (unpaired) electrons. The molecular formula is C14H17F3N4S. The van der Waals surface area contributed by atoms with Crippen LogP contribution >= 0.6 is 11.3 Å². The maximum atomic E-state index is 12.6. The van der Waals surface area contributed by atoms with Crippen molar-refractivity contribution in [1.82, 2.24) is 19.9 Å². The molecule has 8 heteroatoms. The first-order chi connectivity index (χ1) is 10.4. The van der Waals surface area contributed by atoms with Crippen molar-refractivity contribution in [2.45, 2.75) is 38.4 Å². The summed E-state index contributed by atoms with van der Waals surface area (Å²) in [6.45, 7) is 4.49. The fraction of sp³-hybridized carbons (Fsp3) is 0.571. The minimum absolute atomic E-state index is 0.0736. The highest BCUT2D eigenvalue weighted by atomic mass is 32.1. The van der Waals surface area contributed by atoms with Crippen LogP contribution in [0.4, 0.5) is 13.2 Å². The summed E-state index contributed by atoms with van der Waals surface area (Å²) in [6.07, 6.45) is -1.84. The number of nitrogens with zero attached hydrogens (tertiary/aromatic N) is 3. The normalized spacial score (nSPS) is 18.0. The number of aromatic nitrogens is 3. The summed E-state index contributed by atoms with van der Waals surface area (Å²) in [6, 6.07) is 0. The van der Waals surface area contributed by atoms with E-state index in [-0.39, 0.29) is 5.92 Å². The molecule has 1 aliphatic rings. The summed E-state index contributed by atoms with van der Waals surface area (Å²) in [5, 5.41) is 3.11. The Bertz CT molecular complexity index is 626. The lowest BCUT2D eigenvalue weighted by Gasteiger charge is -2.30. The SMILES string of the molecule is Cc1nc(CN2CCC(c3ncc(C(F)(F)F)[nH]3)CC2)cs1. The first-order valence-corrected chi connectivity index (χ1v) is 8.05. The number of alkyl halides is 3. The molecule has 0 atom stereocenters. The molecule has 0 saturated carbocycles. The van der Waals surface area contributed by atoms with E-state index >= 15 is 0 Å². The van der Waals surface area contributed by atoms with Gasteiger partial charge >= 0.3 is 6.18 Å². The van der Waals surface area contributed by atoms with Gasteiger partial charge in [-0.3, -0.25) is 4.90 Å². The van der Waals surface area contributed by atoms with Crippen molar-refractivity contribution in [2.24, 2.45) is 0 Å². The van der Waals surface area contributed by atoms with Crippen molar-refractivity contribution in [3.05, 3.63) is 33.8 Å². The second kappa shape index (κ2) is 6.00. The summed E-state index contributed by atoms with van der Waals surface area (Å²) in [4.78, 5) is 13.1. The third kappa shape index (κ3) is 3.49. The average molecular weight is 330 g/mol. The molecule has 22 heavy (non-hydrogen) atoms.